The van der Waals surface area contributed by atoms with Crippen LogP contribution in [0.1, 0.15) is 16.8 Å². The van der Waals surface area contributed by atoms with Crippen LogP contribution in [0.3, 0.4) is 0 Å². The average molecular weight is 345 g/mol. The Morgan fingerprint density at radius 2 is 1.73 bits per heavy atom. The normalized spacial score (nSPS) is 11.0. The van der Waals surface area contributed by atoms with Crippen molar-refractivity contribution < 1.29 is 0 Å². The van der Waals surface area contributed by atoms with E-state index in [4.69, 9.17) is 0 Å². The van der Waals surface area contributed by atoms with E-state index in [1.54, 1.807) is 0 Å². The first-order valence-electron chi connectivity index (χ1n) is 8.45. The van der Waals surface area contributed by atoms with Gasteiger partial charge in [0, 0.05) is 17.4 Å². The number of aryl methyl sites for hydroxylation is 2. The van der Waals surface area contributed by atoms with Crippen LogP contribution in [-0.2, 0) is 6.54 Å². The van der Waals surface area contributed by atoms with E-state index in [2.05, 4.69) is 15.4 Å². The van der Waals surface area contributed by atoms with Crippen LogP contribution in [0.15, 0.2) is 65.5 Å². The number of anilines is 2. The van der Waals surface area contributed by atoms with Crippen LogP contribution in [0, 0.1) is 13.8 Å². The number of aromatic nitrogens is 4. The molecule has 2 aromatic heterocycles. The Hall–Kier alpha value is -3.41. The van der Waals surface area contributed by atoms with Crippen molar-refractivity contribution >= 4 is 17.3 Å². The Balaban J connectivity index is 1.73. The summed E-state index contributed by atoms with van der Waals surface area (Å²) < 4.78 is 2.98. The van der Waals surface area contributed by atoms with Crippen LogP contribution in [0.25, 0.3) is 5.78 Å². The second-order valence-corrected chi connectivity index (χ2v) is 6.28. The van der Waals surface area contributed by atoms with Crippen LogP contribution in [0.5, 0.6) is 0 Å². The highest BCUT2D eigenvalue weighted by molar-refractivity contribution is 5.61. The van der Waals surface area contributed by atoms with Gasteiger partial charge in [0.15, 0.2) is 0 Å². The molecule has 130 valence electrons. The Kier molecular flexibility index (Phi) is 4.01. The van der Waals surface area contributed by atoms with E-state index >= 15 is 0 Å². The van der Waals surface area contributed by atoms with E-state index in [0.717, 1.165) is 22.5 Å². The Morgan fingerprint density at radius 3 is 2.50 bits per heavy atom. The molecular weight excluding hydrogens is 326 g/mol. The zero-order chi connectivity index (χ0) is 18.1. The van der Waals surface area contributed by atoms with Crippen molar-refractivity contribution in [2.24, 2.45) is 0 Å². The molecule has 6 heteroatoms. The lowest BCUT2D eigenvalue weighted by molar-refractivity contribution is 0.657. The number of hydrogen-bond acceptors (Lipinski definition) is 4. The summed E-state index contributed by atoms with van der Waals surface area (Å²) in [5.41, 5.74) is 3.73. The minimum Gasteiger partial charge on any atom is -0.340 e. The van der Waals surface area contributed by atoms with Gasteiger partial charge >= 0.3 is 5.69 Å². The lowest BCUT2D eigenvalue weighted by Crippen LogP contribution is -2.22. The number of rotatable bonds is 4. The standard InChI is InChI=1S/C20H19N5O/c1-14-8-6-7-11-17(14)21-18-12-15(2)25-19(22-18)23-24(20(25)26)13-16-9-4-3-5-10-16/h3-12H,13H2,1-2H3,(H,21,22,23). The molecule has 0 aliphatic carbocycles. The summed E-state index contributed by atoms with van der Waals surface area (Å²) in [5, 5.41) is 7.72. The van der Waals surface area contributed by atoms with Crippen LogP contribution in [-0.4, -0.2) is 19.2 Å². The molecule has 4 aromatic rings. The highest BCUT2D eigenvalue weighted by atomic mass is 16.2. The molecule has 6 nitrogen and oxygen atoms in total. The summed E-state index contributed by atoms with van der Waals surface area (Å²) in [5.74, 6) is 1.06. The lowest BCUT2D eigenvalue weighted by atomic mass is 10.2. The molecular formula is C20H19N5O. The molecule has 0 atom stereocenters. The molecule has 0 unspecified atom stereocenters. The van der Waals surface area contributed by atoms with Crippen LogP contribution in [0.2, 0.25) is 0 Å². The quantitative estimate of drug-likeness (QED) is 0.616. The van der Waals surface area contributed by atoms with Gasteiger partial charge in [-0.05, 0) is 31.0 Å². The number of hydrogen-bond donors (Lipinski definition) is 1. The molecule has 0 amide bonds. The SMILES string of the molecule is Cc1ccccc1Nc1cc(C)n2c(=O)n(Cc3ccccc3)nc2n1. The van der Waals surface area contributed by atoms with Crippen molar-refractivity contribution in [3.63, 3.8) is 0 Å². The Morgan fingerprint density at radius 1 is 1.00 bits per heavy atom. The molecule has 0 saturated carbocycles. The smallest absolute Gasteiger partial charge is 0.340 e. The lowest BCUT2D eigenvalue weighted by Gasteiger charge is -2.09. The van der Waals surface area contributed by atoms with Gasteiger partial charge in [-0.2, -0.15) is 4.98 Å². The predicted molar refractivity (Wildman–Crippen MR) is 102 cm³/mol. The van der Waals surface area contributed by atoms with Gasteiger partial charge in [0.05, 0.1) is 6.54 Å². The van der Waals surface area contributed by atoms with Crippen molar-refractivity contribution in [3.05, 3.63) is 88.0 Å². The van der Waals surface area contributed by atoms with E-state index in [1.807, 2.05) is 74.5 Å². The molecule has 26 heavy (non-hydrogen) atoms. The van der Waals surface area contributed by atoms with Crippen LogP contribution >= 0.6 is 0 Å². The maximum Gasteiger partial charge on any atom is 0.352 e. The summed E-state index contributed by atoms with van der Waals surface area (Å²) >= 11 is 0. The van der Waals surface area contributed by atoms with E-state index in [-0.39, 0.29) is 5.69 Å². The average Bonchev–Trinajstić information content (AvgIpc) is 2.94. The molecule has 1 N–H and O–H groups in total. The van der Waals surface area contributed by atoms with Gasteiger partial charge in [0.1, 0.15) is 5.82 Å². The van der Waals surface area contributed by atoms with Gasteiger partial charge in [-0.1, -0.05) is 48.5 Å². The third kappa shape index (κ3) is 2.97. The summed E-state index contributed by atoms with van der Waals surface area (Å²) in [4.78, 5) is 17.2. The Bertz CT molecular complexity index is 1130. The summed E-state index contributed by atoms with van der Waals surface area (Å²) in [7, 11) is 0. The number of fused-ring (bicyclic) bond motifs is 1. The Labute approximate surface area is 150 Å². The number of nitrogens with one attached hydrogen (secondary N) is 1. The fourth-order valence-corrected chi connectivity index (χ4v) is 2.95. The molecule has 0 aliphatic rings. The van der Waals surface area contributed by atoms with Gasteiger partial charge < -0.3 is 5.32 Å². The second-order valence-electron chi connectivity index (χ2n) is 6.28. The maximum atomic E-state index is 12.7. The van der Waals surface area contributed by atoms with E-state index in [9.17, 15) is 4.79 Å². The second kappa shape index (κ2) is 6.48. The number of benzene rings is 2. The van der Waals surface area contributed by atoms with Gasteiger partial charge in [-0.25, -0.2) is 13.9 Å². The minimum absolute atomic E-state index is 0.184. The highest BCUT2D eigenvalue weighted by Gasteiger charge is 2.12. The number of nitrogens with zero attached hydrogens (tertiary/aromatic N) is 4. The topological polar surface area (TPSA) is 64.2 Å². The zero-order valence-corrected chi connectivity index (χ0v) is 14.7. The molecule has 4 rings (SSSR count). The molecule has 2 aromatic carbocycles. The summed E-state index contributed by atoms with van der Waals surface area (Å²) in [6, 6.07) is 19.6. The summed E-state index contributed by atoms with van der Waals surface area (Å²) in [6.07, 6.45) is 0. The fourth-order valence-electron chi connectivity index (χ4n) is 2.95. The van der Waals surface area contributed by atoms with Gasteiger partial charge in [-0.3, -0.25) is 0 Å². The van der Waals surface area contributed by atoms with E-state index in [0.29, 0.717) is 18.1 Å². The first-order chi connectivity index (χ1) is 12.6. The minimum atomic E-state index is -0.184. The van der Waals surface area contributed by atoms with Crippen LogP contribution < -0.4 is 11.0 Å². The third-order valence-electron chi connectivity index (χ3n) is 4.32. The van der Waals surface area contributed by atoms with Crippen molar-refractivity contribution in [1.29, 1.82) is 0 Å². The molecule has 0 spiro atoms. The van der Waals surface area contributed by atoms with Crippen molar-refractivity contribution in [2.75, 3.05) is 5.32 Å². The first-order valence-corrected chi connectivity index (χ1v) is 8.45. The van der Waals surface area contributed by atoms with Crippen LogP contribution in [0.4, 0.5) is 11.5 Å². The van der Waals surface area contributed by atoms with Crippen molar-refractivity contribution in [1.82, 2.24) is 19.2 Å². The van der Waals surface area contributed by atoms with Gasteiger partial charge in [0.2, 0.25) is 0 Å². The molecule has 0 bridgehead atoms. The number of para-hydroxylation sites is 1. The first kappa shape index (κ1) is 16.1. The molecule has 0 radical (unpaired) electrons. The third-order valence-corrected chi connectivity index (χ3v) is 4.32. The van der Waals surface area contributed by atoms with E-state index < -0.39 is 0 Å². The zero-order valence-electron chi connectivity index (χ0n) is 14.7. The molecule has 0 fully saturated rings. The fraction of sp³-hybridized carbons (Fsp3) is 0.150. The van der Waals surface area contributed by atoms with Crippen molar-refractivity contribution in [3.8, 4) is 0 Å². The predicted octanol–water partition coefficient (Wildman–Crippen LogP) is 3.30. The van der Waals surface area contributed by atoms with E-state index in [1.165, 1.54) is 9.08 Å². The van der Waals surface area contributed by atoms with Gasteiger partial charge in [-0.15, -0.1) is 5.10 Å². The molecule has 2 heterocycles. The summed E-state index contributed by atoms with van der Waals surface area (Å²) in [6.45, 7) is 4.34. The highest BCUT2D eigenvalue weighted by Crippen LogP contribution is 2.19. The maximum absolute atomic E-state index is 12.7. The molecule has 0 saturated heterocycles. The van der Waals surface area contributed by atoms with Crippen molar-refractivity contribution in [2.45, 2.75) is 20.4 Å². The molecule has 0 aliphatic heterocycles. The monoisotopic (exact) mass is 345 g/mol. The van der Waals surface area contributed by atoms with Gasteiger partial charge in [0.25, 0.3) is 5.78 Å². The largest absolute Gasteiger partial charge is 0.352 e.